The second kappa shape index (κ2) is 3.69. The molecule has 2 heteroatoms. The molecule has 0 fully saturated rings. The SMILES string of the molecule is Cc1ccc2c(c1)N(C(C)(C)C)CCN2C. The molecule has 0 unspecified atom stereocenters. The maximum Gasteiger partial charge on any atom is 0.0611 e. The standard InChI is InChI=1S/C14H22N2/c1-11-6-7-12-13(10-11)16(14(2,3)4)9-8-15(12)5/h6-7,10H,8-9H2,1-5H3. The predicted octanol–water partition coefficient (Wildman–Crippen LogP) is 3.05. The summed E-state index contributed by atoms with van der Waals surface area (Å²) in [5, 5.41) is 0. The molecule has 0 aliphatic carbocycles. The van der Waals surface area contributed by atoms with Gasteiger partial charge in [-0.1, -0.05) is 6.07 Å². The van der Waals surface area contributed by atoms with Crippen molar-refractivity contribution in [2.24, 2.45) is 0 Å². The van der Waals surface area contributed by atoms with Gasteiger partial charge in [0.05, 0.1) is 11.4 Å². The minimum atomic E-state index is 0.198. The summed E-state index contributed by atoms with van der Waals surface area (Å²) in [6.07, 6.45) is 0. The largest absolute Gasteiger partial charge is 0.371 e. The quantitative estimate of drug-likeness (QED) is 0.660. The van der Waals surface area contributed by atoms with E-state index in [0.29, 0.717) is 0 Å². The van der Waals surface area contributed by atoms with Crippen molar-refractivity contribution in [3.63, 3.8) is 0 Å². The molecule has 0 amide bonds. The van der Waals surface area contributed by atoms with E-state index in [-0.39, 0.29) is 5.54 Å². The van der Waals surface area contributed by atoms with Gasteiger partial charge in [-0.25, -0.2) is 0 Å². The van der Waals surface area contributed by atoms with E-state index in [1.165, 1.54) is 16.9 Å². The van der Waals surface area contributed by atoms with Crippen molar-refractivity contribution in [2.45, 2.75) is 33.2 Å². The van der Waals surface area contributed by atoms with Crippen molar-refractivity contribution < 1.29 is 0 Å². The normalized spacial score (nSPS) is 16.3. The highest BCUT2D eigenvalue weighted by molar-refractivity contribution is 5.74. The third-order valence-corrected chi connectivity index (χ3v) is 3.30. The molecule has 1 aliphatic rings. The molecule has 1 aliphatic heterocycles. The van der Waals surface area contributed by atoms with Crippen LogP contribution in [0.1, 0.15) is 26.3 Å². The van der Waals surface area contributed by atoms with Crippen molar-refractivity contribution in [3.05, 3.63) is 23.8 Å². The molecule has 1 aromatic rings. The van der Waals surface area contributed by atoms with E-state index in [2.05, 4.69) is 62.7 Å². The fraction of sp³-hybridized carbons (Fsp3) is 0.571. The van der Waals surface area contributed by atoms with E-state index >= 15 is 0 Å². The highest BCUT2D eigenvalue weighted by Gasteiger charge is 2.28. The van der Waals surface area contributed by atoms with Gasteiger partial charge in [-0.3, -0.25) is 0 Å². The lowest BCUT2D eigenvalue weighted by molar-refractivity contribution is 0.496. The summed E-state index contributed by atoms with van der Waals surface area (Å²) >= 11 is 0. The number of rotatable bonds is 0. The second-order valence-corrected chi connectivity index (χ2v) is 5.74. The third-order valence-electron chi connectivity index (χ3n) is 3.30. The van der Waals surface area contributed by atoms with Crippen molar-refractivity contribution >= 4 is 11.4 Å². The van der Waals surface area contributed by atoms with Gasteiger partial charge in [0.15, 0.2) is 0 Å². The molecular weight excluding hydrogens is 196 g/mol. The van der Waals surface area contributed by atoms with Crippen LogP contribution in [0.2, 0.25) is 0 Å². The van der Waals surface area contributed by atoms with Crippen LogP contribution in [0, 0.1) is 6.92 Å². The molecule has 0 saturated carbocycles. The lowest BCUT2D eigenvalue weighted by atomic mass is 10.0. The number of fused-ring (bicyclic) bond motifs is 1. The van der Waals surface area contributed by atoms with Crippen LogP contribution in [0.4, 0.5) is 11.4 Å². The lowest BCUT2D eigenvalue weighted by Crippen LogP contribution is -2.49. The average Bonchev–Trinajstić information content (AvgIpc) is 2.15. The summed E-state index contributed by atoms with van der Waals surface area (Å²) in [6.45, 7) is 11.2. The number of hydrogen-bond donors (Lipinski definition) is 0. The average molecular weight is 218 g/mol. The van der Waals surface area contributed by atoms with Crippen LogP contribution >= 0.6 is 0 Å². The summed E-state index contributed by atoms with van der Waals surface area (Å²) in [7, 11) is 2.17. The number of anilines is 2. The van der Waals surface area contributed by atoms with E-state index < -0.39 is 0 Å². The topological polar surface area (TPSA) is 6.48 Å². The van der Waals surface area contributed by atoms with Gasteiger partial charge in [-0.15, -0.1) is 0 Å². The molecule has 16 heavy (non-hydrogen) atoms. The third kappa shape index (κ3) is 1.89. The number of nitrogens with zero attached hydrogens (tertiary/aromatic N) is 2. The van der Waals surface area contributed by atoms with Crippen molar-refractivity contribution in [1.29, 1.82) is 0 Å². The summed E-state index contributed by atoms with van der Waals surface area (Å²) in [6, 6.07) is 6.74. The van der Waals surface area contributed by atoms with E-state index in [4.69, 9.17) is 0 Å². The van der Waals surface area contributed by atoms with E-state index in [1.807, 2.05) is 0 Å². The zero-order valence-corrected chi connectivity index (χ0v) is 11.0. The molecule has 88 valence electrons. The first-order chi connectivity index (χ1) is 7.39. The first-order valence-electron chi connectivity index (χ1n) is 5.99. The Kier molecular flexibility index (Phi) is 2.61. The van der Waals surface area contributed by atoms with Gasteiger partial charge in [-0.2, -0.15) is 0 Å². The molecule has 2 rings (SSSR count). The van der Waals surface area contributed by atoms with Gasteiger partial charge in [0, 0.05) is 25.7 Å². The van der Waals surface area contributed by atoms with E-state index in [0.717, 1.165) is 13.1 Å². The van der Waals surface area contributed by atoms with Crippen LogP contribution in [0.15, 0.2) is 18.2 Å². The van der Waals surface area contributed by atoms with Crippen molar-refractivity contribution in [1.82, 2.24) is 0 Å². The van der Waals surface area contributed by atoms with Crippen LogP contribution < -0.4 is 9.80 Å². The fourth-order valence-corrected chi connectivity index (χ4v) is 2.36. The Morgan fingerprint density at radius 1 is 1.06 bits per heavy atom. The summed E-state index contributed by atoms with van der Waals surface area (Å²) in [4.78, 5) is 4.85. The maximum atomic E-state index is 2.51. The predicted molar refractivity (Wildman–Crippen MR) is 71.5 cm³/mol. The summed E-state index contributed by atoms with van der Waals surface area (Å²) in [5.74, 6) is 0. The number of likely N-dealkylation sites (N-methyl/N-ethyl adjacent to an activating group) is 1. The van der Waals surface area contributed by atoms with Crippen LogP contribution in [-0.2, 0) is 0 Å². The highest BCUT2D eigenvalue weighted by atomic mass is 15.3. The minimum absolute atomic E-state index is 0.198. The van der Waals surface area contributed by atoms with E-state index in [9.17, 15) is 0 Å². The first-order valence-corrected chi connectivity index (χ1v) is 5.99. The smallest absolute Gasteiger partial charge is 0.0611 e. The second-order valence-electron chi connectivity index (χ2n) is 5.74. The molecule has 1 aromatic carbocycles. The Morgan fingerprint density at radius 3 is 2.38 bits per heavy atom. The zero-order chi connectivity index (χ0) is 11.9. The van der Waals surface area contributed by atoms with Gasteiger partial charge in [-0.05, 0) is 45.4 Å². The molecule has 1 heterocycles. The van der Waals surface area contributed by atoms with E-state index in [1.54, 1.807) is 0 Å². The molecule has 0 radical (unpaired) electrons. The highest BCUT2D eigenvalue weighted by Crippen LogP contribution is 2.36. The first kappa shape index (κ1) is 11.3. The number of aryl methyl sites for hydroxylation is 1. The molecule has 0 bridgehead atoms. The van der Waals surface area contributed by atoms with Crippen molar-refractivity contribution in [2.75, 3.05) is 29.9 Å². The van der Waals surface area contributed by atoms with Gasteiger partial charge in [0.25, 0.3) is 0 Å². The van der Waals surface area contributed by atoms with Gasteiger partial charge in [0.1, 0.15) is 0 Å². The van der Waals surface area contributed by atoms with Crippen LogP contribution in [0.5, 0.6) is 0 Å². The number of hydrogen-bond acceptors (Lipinski definition) is 2. The van der Waals surface area contributed by atoms with Crippen molar-refractivity contribution in [3.8, 4) is 0 Å². The summed E-state index contributed by atoms with van der Waals surface area (Å²) < 4.78 is 0. The zero-order valence-electron chi connectivity index (χ0n) is 11.0. The van der Waals surface area contributed by atoms with Gasteiger partial charge >= 0.3 is 0 Å². The Balaban J connectivity index is 2.50. The fourth-order valence-electron chi connectivity index (χ4n) is 2.36. The van der Waals surface area contributed by atoms with Crippen LogP contribution in [-0.4, -0.2) is 25.7 Å². The van der Waals surface area contributed by atoms with Crippen LogP contribution in [0.25, 0.3) is 0 Å². The molecule has 0 atom stereocenters. The monoisotopic (exact) mass is 218 g/mol. The summed E-state index contributed by atoms with van der Waals surface area (Å²) in [5.41, 5.74) is 4.26. The Labute approximate surface area is 98.9 Å². The number of benzene rings is 1. The Bertz CT molecular complexity index is 390. The Hall–Kier alpha value is -1.18. The van der Waals surface area contributed by atoms with Gasteiger partial charge in [0.2, 0.25) is 0 Å². The molecular formula is C14H22N2. The molecule has 0 saturated heterocycles. The van der Waals surface area contributed by atoms with Gasteiger partial charge < -0.3 is 9.80 Å². The maximum absolute atomic E-state index is 2.51. The Morgan fingerprint density at radius 2 is 1.75 bits per heavy atom. The molecule has 0 N–H and O–H groups in total. The molecule has 0 aromatic heterocycles. The molecule has 2 nitrogen and oxygen atoms in total. The molecule has 0 spiro atoms. The lowest BCUT2D eigenvalue weighted by Gasteiger charge is -2.44. The van der Waals surface area contributed by atoms with Crippen LogP contribution in [0.3, 0.4) is 0 Å². The minimum Gasteiger partial charge on any atom is -0.371 e.